The highest BCUT2D eigenvalue weighted by molar-refractivity contribution is 7.89. The first kappa shape index (κ1) is 15.3. The van der Waals surface area contributed by atoms with Crippen molar-refractivity contribution in [2.24, 2.45) is 5.73 Å². The maximum absolute atomic E-state index is 13.5. The van der Waals surface area contributed by atoms with Gasteiger partial charge in [0.25, 0.3) is 10.0 Å². The molecule has 5 nitrogen and oxygen atoms in total. The third-order valence-electron chi connectivity index (χ3n) is 3.69. The lowest BCUT2D eigenvalue weighted by atomic mass is 9.92. The fraction of sp³-hybridized carbons (Fsp3) is 0.615. The zero-order valence-corrected chi connectivity index (χ0v) is 12.1. The second-order valence-corrected chi connectivity index (χ2v) is 7.07. The Morgan fingerprint density at radius 3 is 2.55 bits per heavy atom. The van der Waals surface area contributed by atoms with Gasteiger partial charge in [0.2, 0.25) is 5.03 Å². The van der Waals surface area contributed by atoms with Crippen LogP contribution in [0.15, 0.2) is 23.4 Å². The van der Waals surface area contributed by atoms with E-state index in [0.717, 1.165) is 44.6 Å². The molecule has 3 N–H and O–H groups in total. The van der Waals surface area contributed by atoms with Crippen molar-refractivity contribution in [1.82, 2.24) is 9.71 Å². The lowest BCUT2D eigenvalue weighted by Gasteiger charge is -2.28. The van der Waals surface area contributed by atoms with Gasteiger partial charge in [-0.15, -0.1) is 0 Å². The molecule has 1 aromatic heterocycles. The molecule has 1 fully saturated rings. The lowest BCUT2D eigenvalue weighted by Crippen LogP contribution is -2.49. The Labute approximate surface area is 118 Å². The first-order chi connectivity index (χ1) is 9.43. The number of hydrogen-bond acceptors (Lipinski definition) is 4. The average molecular weight is 301 g/mol. The lowest BCUT2D eigenvalue weighted by molar-refractivity contribution is 0.368. The second kappa shape index (κ2) is 6.15. The van der Waals surface area contributed by atoms with Crippen LogP contribution in [-0.2, 0) is 10.0 Å². The standard InChI is InChI=1S/C13H20FN3O2S/c14-11-6-5-9-16-12(11)20(18,19)17-10-13(15)7-3-1-2-4-8-13/h5-6,9,17H,1-4,7-8,10,15H2. The second-order valence-electron chi connectivity index (χ2n) is 5.39. The molecule has 1 aliphatic rings. The summed E-state index contributed by atoms with van der Waals surface area (Å²) < 4.78 is 40.0. The van der Waals surface area contributed by atoms with Crippen LogP contribution in [0, 0.1) is 5.82 Å². The Balaban J connectivity index is 2.07. The van der Waals surface area contributed by atoms with Gasteiger partial charge in [-0.05, 0) is 25.0 Å². The van der Waals surface area contributed by atoms with Crippen LogP contribution in [0.25, 0.3) is 0 Å². The van der Waals surface area contributed by atoms with Gasteiger partial charge in [-0.3, -0.25) is 0 Å². The zero-order valence-electron chi connectivity index (χ0n) is 11.3. The summed E-state index contributed by atoms with van der Waals surface area (Å²) in [6, 6.07) is 2.43. The fourth-order valence-electron chi connectivity index (χ4n) is 2.49. The highest BCUT2D eigenvalue weighted by Crippen LogP contribution is 2.24. The molecule has 0 spiro atoms. The van der Waals surface area contributed by atoms with Crippen molar-refractivity contribution in [2.75, 3.05) is 6.54 Å². The van der Waals surface area contributed by atoms with Crippen LogP contribution in [0.4, 0.5) is 4.39 Å². The van der Waals surface area contributed by atoms with E-state index in [1.54, 1.807) is 0 Å². The summed E-state index contributed by atoms with van der Waals surface area (Å²) in [4.78, 5) is 3.59. The molecule has 2 rings (SSSR count). The van der Waals surface area contributed by atoms with E-state index in [2.05, 4.69) is 9.71 Å². The van der Waals surface area contributed by atoms with Crippen LogP contribution in [0.1, 0.15) is 38.5 Å². The van der Waals surface area contributed by atoms with E-state index in [9.17, 15) is 12.8 Å². The predicted octanol–water partition coefficient (Wildman–Crippen LogP) is 1.55. The molecule has 20 heavy (non-hydrogen) atoms. The van der Waals surface area contributed by atoms with E-state index in [1.807, 2.05) is 0 Å². The fourth-order valence-corrected chi connectivity index (χ4v) is 3.62. The molecule has 0 amide bonds. The number of sulfonamides is 1. The molecule has 0 aromatic carbocycles. The smallest absolute Gasteiger partial charge is 0.261 e. The van der Waals surface area contributed by atoms with Crippen LogP contribution in [0.2, 0.25) is 0 Å². The maximum Gasteiger partial charge on any atom is 0.261 e. The highest BCUT2D eigenvalue weighted by Gasteiger charge is 2.29. The molecular weight excluding hydrogens is 281 g/mol. The van der Waals surface area contributed by atoms with Crippen LogP contribution in [0.3, 0.4) is 0 Å². The van der Waals surface area contributed by atoms with Crippen LogP contribution in [-0.4, -0.2) is 25.5 Å². The number of rotatable bonds is 4. The van der Waals surface area contributed by atoms with E-state index in [-0.39, 0.29) is 6.54 Å². The summed E-state index contributed by atoms with van der Waals surface area (Å²) in [6.45, 7) is 0.116. The quantitative estimate of drug-likeness (QED) is 0.826. The van der Waals surface area contributed by atoms with Gasteiger partial charge in [0, 0.05) is 18.3 Å². The largest absolute Gasteiger partial charge is 0.324 e. The molecule has 1 heterocycles. The minimum Gasteiger partial charge on any atom is -0.324 e. The summed E-state index contributed by atoms with van der Waals surface area (Å²) in [5, 5.41) is -0.572. The van der Waals surface area contributed by atoms with Gasteiger partial charge in [-0.1, -0.05) is 25.7 Å². The van der Waals surface area contributed by atoms with Gasteiger partial charge in [0.05, 0.1) is 0 Å². The van der Waals surface area contributed by atoms with E-state index >= 15 is 0 Å². The van der Waals surface area contributed by atoms with Crippen molar-refractivity contribution >= 4 is 10.0 Å². The normalized spacial score (nSPS) is 19.5. The van der Waals surface area contributed by atoms with Gasteiger partial charge in [-0.2, -0.15) is 0 Å². The third kappa shape index (κ3) is 3.74. The molecule has 1 aliphatic carbocycles. The number of hydrogen-bond donors (Lipinski definition) is 2. The topological polar surface area (TPSA) is 85.1 Å². The van der Waals surface area contributed by atoms with Crippen LogP contribution >= 0.6 is 0 Å². The number of halogens is 1. The zero-order chi connectivity index (χ0) is 14.6. The summed E-state index contributed by atoms with van der Waals surface area (Å²) in [5.74, 6) is -0.855. The highest BCUT2D eigenvalue weighted by atomic mass is 32.2. The van der Waals surface area contributed by atoms with Crippen LogP contribution in [0.5, 0.6) is 0 Å². The summed E-state index contributed by atoms with van der Waals surface area (Å²) in [5.41, 5.74) is 5.69. The Hall–Kier alpha value is -1.05. The van der Waals surface area contributed by atoms with Crippen molar-refractivity contribution < 1.29 is 12.8 Å². The molecule has 0 bridgehead atoms. The molecule has 0 saturated heterocycles. The molecule has 0 unspecified atom stereocenters. The van der Waals surface area contributed by atoms with Crippen molar-refractivity contribution in [1.29, 1.82) is 0 Å². The molecule has 0 aliphatic heterocycles. The van der Waals surface area contributed by atoms with Gasteiger partial charge >= 0.3 is 0 Å². The molecule has 0 atom stereocenters. The number of nitrogens with two attached hydrogens (primary N) is 1. The van der Waals surface area contributed by atoms with E-state index in [0.29, 0.717) is 0 Å². The third-order valence-corrected chi connectivity index (χ3v) is 5.03. The summed E-state index contributed by atoms with van der Waals surface area (Å²) >= 11 is 0. The van der Waals surface area contributed by atoms with Crippen molar-refractivity contribution in [3.8, 4) is 0 Å². The SMILES string of the molecule is NC1(CNS(=O)(=O)c2ncccc2F)CCCCCC1. The van der Waals surface area contributed by atoms with E-state index in [4.69, 9.17) is 5.73 Å². The monoisotopic (exact) mass is 301 g/mol. The van der Waals surface area contributed by atoms with Crippen molar-refractivity contribution in [3.63, 3.8) is 0 Å². The number of nitrogens with zero attached hydrogens (tertiary/aromatic N) is 1. The molecule has 1 aromatic rings. The van der Waals surface area contributed by atoms with Crippen molar-refractivity contribution in [2.45, 2.75) is 49.1 Å². The molecular formula is C13H20FN3O2S. The average Bonchev–Trinajstić information content (AvgIpc) is 2.63. The summed E-state index contributed by atoms with van der Waals surface area (Å²) in [6.07, 6.45) is 7.05. The number of aromatic nitrogens is 1. The molecule has 0 radical (unpaired) electrons. The molecule has 1 saturated carbocycles. The first-order valence-electron chi connectivity index (χ1n) is 6.82. The maximum atomic E-state index is 13.5. The van der Waals surface area contributed by atoms with Gasteiger partial charge in [0.1, 0.15) is 0 Å². The minimum absolute atomic E-state index is 0.116. The Morgan fingerprint density at radius 2 is 1.95 bits per heavy atom. The summed E-state index contributed by atoms with van der Waals surface area (Å²) in [7, 11) is -3.96. The predicted molar refractivity (Wildman–Crippen MR) is 74.0 cm³/mol. The van der Waals surface area contributed by atoms with Crippen molar-refractivity contribution in [3.05, 3.63) is 24.1 Å². The Morgan fingerprint density at radius 1 is 1.30 bits per heavy atom. The first-order valence-corrected chi connectivity index (χ1v) is 8.30. The molecule has 112 valence electrons. The number of pyridine rings is 1. The van der Waals surface area contributed by atoms with Crippen LogP contribution < -0.4 is 10.5 Å². The van der Waals surface area contributed by atoms with E-state index < -0.39 is 26.4 Å². The Kier molecular flexibility index (Phi) is 4.72. The Bertz CT molecular complexity index is 554. The number of nitrogens with one attached hydrogen (secondary N) is 1. The van der Waals surface area contributed by atoms with E-state index in [1.165, 1.54) is 12.3 Å². The molecule has 7 heteroatoms. The van der Waals surface area contributed by atoms with Gasteiger partial charge in [0.15, 0.2) is 5.82 Å². The minimum atomic E-state index is -3.96. The van der Waals surface area contributed by atoms with Gasteiger partial charge < -0.3 is 5.73 Å². The van der Waals surface area contributed by atoms with Gasteiger partial charge in [-0.25, -0.2) is 22.5 Å².